The molecule has 0 heterocycles. The lowest BCUT2D eigenvalue weighted by Gasteiger charge is -2.19. The van der Waals surface area contributed by atoms with Crippen LogP contribution in [0.15, 0.2) is 78.9 Å². The number of hydrogen-bond donors (Lipinski definition) is 2. The number of rotatable bonds is 10. The Hall–Kier alpha value is -4.13. The van der Waals surface area contributed by atoms with Crippen molar-refractivity contribution in [2.24, 2.45) is 0 Å². The third kappa shape index (κ3) is 6.68. The number of nitrogens with one attached hydrogen (secondary N) is 2. The molecule has 0 aliphatic rings. The second-order valence-corrected chi connectivity index (χ2v) is 7.56. The highest BCUT2D eigenvalue weighted by Crippen LogP contribution is 2.18. The lowest BCUT2D eigenvalue weighted by atomic mass is 10.1. The van der Waals surface area contributed by atoms with E-state index >= 15 is 0 Å². The van der Waals surface area contributed by atoms with Gasteiger partial charge in [0.1, 0.15) is 5.75 Å². The Morgan fingerprint density at radius 3 is 2.29 bits per heavy atom. The number of carbonyl (C=O) groups is 3. The van der Waals surface area contributed by atoms with Crippen LogP contribution in [-0.4, -0.2) is 42.3 Å². The van der Waals surface area contributed by atoms with Gasteiger partial charge in [0.2, 0.25) is 0 Å². The van der Waals surface area contributed by atoms with Crippen molar-refractivity contribution in [1.82, 2.24) is 10.2 Å². The fourth-order valence-corrected chi connectivity index (χ4v) is 3.42. The zero-order valence-electron chi connectivity index (χ0n) is 19.4. The Morgan fingerprint density at radius 2 is 1.56 bits per heavy atom. The molecular formula is C27H29N3O4. The number of carbonyl (C=O) groups excluding carboxylic acids is 3. The van der Waals surface area contributed by atoms with Crippen molar-refractivity contribution >= 4 is 23.4 Å². The molecule has 0 unspecified atom stereocenters. The number of nitrogens with zero attached hydrogens (tertiary/aromatic N) is 1. The molecule has 2 N–H and O–H groups in total. The maximum atomic E-state index is 12.7. The molecule has 3 aromatic carbocycles. The van der Waals surface area contributed by atoms with E-state index < -0.39 is 5.91 Å². The van der Waals surface area contributed by atoms with E-state index in [0.29, 0.717) is 42.2 Å². The molecule has 0 saturated carbocycles. The summed E-state index contributed by atoms with van der Waals surface area (Å²) in [5, 5.41) is 5.61. The van der Waals surface area contributed by atoms with Gasteiger partial charge >= 0.3 is 0 Å². The van der Waals surface area contributed by atoms with E-state index in [1.54, 1.807) is 53.4 Å². The Kier molecular flexibility index (Phi) is 8.80. The normalized spacial score (nSPS) is 10.3. The summed E-state index contributed by atoms with van der Waals surface area (Å²) < 4.78 is 5.65. The first-order valence-electron chi connectivity index (χ1n) is 11.2. The lowest BCUT2D eigenvalue weighted by Crippen LogP contribution is -2.30. The molecule has 3 aromatic rings. The van der Waals surface area contributed by atoms with Crippen molar-refractivity contribution in [3.05, 3.63) is 95.6 Å². The summed E-state index contributed by atoms with van der Waals surface area (Å²) in [5.74, 6) is -0.462. The monoisotopic (exact) mass is 459 g/mol. The van der Waals surface area contributed by atoms with Crippen LogP contribution in [0.2, 0.25) is 0 Å². The highest BCUT2D eigenvalue weighted by Gasteiger charge is 2.15. The van der Waals surface area contributed by atoms with E-state index in [-0.39, 0.29) is 18.4 Å². The number of benzene rings is 3. The van der Waals surface area contributed by atoms with Gasteiger partial charge in [-0.3, -0.25) is 14.4 Å². The summed E-state index contributed by atoms with van der Waals surface area (Å²) in [6.45, 7) is 5.17. The van der Waals surface area contributed by atoms with Gasteiger partial charge in [-0.15, -0.1) is 0 Å². The first-order chi connectivity index (χ1) is 16.5. The molecule has 176 valence electrons. The molecule has 7 nitrogen and oxygen atoms in total. The molecule has 0 fully saturated rings. The van der Waals surface area contributed by atoms with Gasteiger partial charge in [0.15, 0.2) is 6.61 Å². The molecule has 0 aliphatic heterocycles. The molecule has 0 saturated heterocycles. The summed E-state index contributed by atoms with van der Waals surface area (Å²) in [6, 6.07) is 23.2. The first-order valence-corrected chi connectivity index (χ1v) is 11.2. The maximum Gasteiger partial charge on any atom is 0.262 e. The van der Waals surface area contributed by atoms with Crippen molar-refractivity contribution in [3.8, 4) is 5.75 Å². The largest absolute Gasteiger partial charge is 0.483 e. The number of anilines is 1. The minimum absolute atomic E-state index is 0.0900. The van der Waals surface area contributed by atoms with Gasteiger partial charge < -0.3 is 20.3 Å². The van der Waals surface area contributed by atoms with Gasteiger partial charge in [0, 0.05) is 30.9 Å². The molecule has 0 spiro atoms. The minimum Gasteiger partial charge on any atom is -0.483 e. The molecule has 0 bridgehead atoms. The number of amides is 3. The third-order valence-corrected chi connectivity index (χ3v) is 5.23. The predicted molar refractivity (Wildman–Crippen MR) is 132 cm³/mol. The summed E-state index contributed by atoms with van der Waals surface area (Å²) in [6.07, 6.45) is 0. The highest BCUT2D eigenvalue weighted by atomic mass is 16.5. The topological polar surface area (TPSA) is 87.7 Å². The van der Waals surface area contributed by atoms with Crippen LogP contribution < -0.4 is 15.4 Å². The molecule has 7 heteroatoms. The number of ether oxygens (including phenoxy) is 1. The molecule has 0 atom stereocenters. The SMILES string of the molecule is CCN(CC)C(=O)c1cccc(NC(=O)COc2ccccc2C(=O)NCc2ccccc2)c1. The molecule has 3 rings (SSSR count). The molecule has 0 radical (unpaired) electrons. The predicted octanol–water partition coefficient (Wildman–Crippen LogP) is 4.12. The molecule has 3 amide bonds. The van der Waals surface area contributed by atoms with E-state index in [9.17, 15) is 14.4 Å². The second-order valence-electron chi connectivity index (χ2n) is 7.56. The molecule has 34 heavy (non-hydrogen) atoms. The van der Waals surface area contributed by atoms with Gasteiger partial charge in [-0.2, -0.15) is 0 Å². The number of para-hydroxylation sites is 1. The fourth-order valence-electron chi connectivity index (χ4n) is 3.42. The first kappa shape index (κ1) is 24.5. The van der Waals surface area contributed by atoms with Gasteiger partial charge in [-0.05, 0) is 49.7 Å². The van der Waals surface area contributed by atoms with Crippen molar-refractivity contribution in [1.29, 1.82) is 0 Å². The third-order valence-electron chi connectivity index (χ3n) is 5.23. The molecule has 0 aromatic heterocycles. The summed E-state index contributed by atoms with van der Waals surface area (Å²) in [4.78, 5) is 39.4. The zero-order chi connectivity index (χ0) is 24.3. The minimum atomic E-state index is -0.396. The van der Waals surface area contributed by atoms with Crippen molar-refractivity contribution in [3.63, 3.8) is 0 Å². The summed E-state index contributed by atoms with van der Waals surface area (Å²) >= 11 is 0. The van der Waals surface area contributed by atoms with Crippen LogP contribution in [0.5, 0.6) is 5.75 Å². The van der Waals surface area contributed by atoms with Gasteiger partial charge in [-0.1, -0.05) is 48.5 Å². The van der Waals surface area contributed by atoms with E-state index in [4.69, 9.17) is 4.74 Å². The Balaban J connectivity index is 1.59. The maximum absolute atomic E-state index is 12.7. The van der Waals surface area contributed by atoms with Crippen molar-refractivity contribution < 1.29 is 19.1 Å². The lowest BCUT2D eigenvalue weighted by molar-refractivity contribution is -0.118. The number of hydrogen-bond acceptors (Lipinski definition) is 4. The van der Waals surface area contributed by atoms with Crippen LogP contribution in [0, 0.1) is 0 Å². The van der Waals surface area contributed by atoms with Crippen LogP contribution in [0.3, 0.4) is 0 Å². The van der Waals surface area contributed by atoms with E-state index in [0.717, 1.165) is 5.56 Å². The summed E-state index contributed by atoms with van der Waals surface area (Å²) in [7, 11) is 0. The van der Waals surface area contributed by atoms with E-state index in [1.807, 2.05) is 44.2 Å². The van der Waals surface area contributed by atoms with Crippen molar-refractivity contribution in [2.45, 2.75) is 20.4 Å². The van der Waals surface area contributed by atoms with Crippen molar-refractivity contribution in [2.75, 3.05) is 25.0 Å². The standard InChI is InChI=1S/C27H29N3O4/c1-3-30(4-2)27(33)21-13-10-14-22(17-21)29-25(31)19-34-24-16-9-8-15-23(24)26(32)28-18-20-11-6-5-7-12-20/h5-17H,3-4,18-19H2,1-2H3,(H,28,32)(H,29,31). The van der Waals surface area contributed by atoms with Crippen LogP contribution in [-0.2, 0) is 11.3 Å². The van der Waals surface area contributed by atoms with Crippen LogP contribution in [0.1, 0.15) is 40.1 Å². The van der Waals surface area contributed by atoms with E-state index in [1.165, 1.54) is 0 Å². The fraction of sp³-hybridized carbons (Fsp3) is 0.222. The molecule has 0 aliphatic carbocycles. The Labute approximate surface area is 199 Å². The second kappa shape index (κ2) is 12.2. The molecular weight excluding hydrogens is 430 g/mol. The Morgan fingerprint density at radius 1 is 0.853 bits per heavy atom. The zero-order valence-corrected chi connectivity index (χ0v) is 19.4. The average Bonchev–Trinajstić information content (AvgIpc) is 2.87. The van der Waals surface area contributed by atoms with Gasteiger partial charge in [0.05, 0.1) is 5.56 Å². The van der Waals surface area contributed by atoms with Gasteiger partial charge in [0.25, 0.3) is 17.7 Å². The quantitative estimate of drug-likeness (QED) is 0.478. The van der Waals surface area contributed by atoms with Crippen LogP contribution >= 0.6 is 0 Å². The summed E-state index contributed by atoms with van der Waals surface area (Å²) in [5.41, 5.74) is 2.33. The Bertz CT molecular complexity index is 1130. The van der Waals surface area contributed by atoms with Gasteiger partial charge in [-0.25, -0.2) is 0 Å². The van der Waals surface area contributed by atoms with Crippen LogP contribution in [0.4, 0.5) is 5.69 Å². The average molecular weight is 460 g/mol. The smallest absolute Gasteiger partial charge is 0.262 e. The van der Waals surface area contributed by atoms with Crippen LogP contribution in [0.25, 0.3) is 0 Å². The van der Waals surface area contributed by atoms with E-state index in [2.05, 4.69) is 10.6 Å². The highest BCUT2D eigenvalue weighted by molar-refractivity contribution is 5.98.